The van der Waals surface area contributed by atoms with E-state index in [4.69, 9.17) is 11.6 Å². The minimum absolute atomic E-state index is 0.419. The molecule has 0 aromatic heterocycles. The van der Waals surface area contributed by atoms with Crippen LogP contribution in [0, 0.1) is 6.92 Å². The van der Waals surface area contributed by atoms with Crippen LogP contribution in [-0.2, 0) is 11.2 Å². The fraction of sp³-hybridized carbons (Fsp3) is 0.188. The van der Waals surface area contributed by atoms with E-state index in [0.717, 1.165) is 16.8 Å². The monoisotopic (exact) mass is 289 g/mol. The number of carbonyl (C=O) groups is 1. The molecule has 1 unspecified atom stereocenters. The van der Waals surface area contributed by atoms with Crippen molar-refractivity contribution in [3.8, 4) is 0 Å². The zero-order valence-electron chi connectivity index (χ0n) is 11.1. The van der Waals surface area contributed by atoms with E-state index in [1.165, 1.54) is 0 Å². The highest BCUT2D eigenvalue weighted by Gasteiger charge is 2.18. The quantitative estimate of drug-likeness (QED) is 0.881. The molecule has 0 aliphatic rings. The molecule has 0 radical (unpaired) electrons. The molecule has 3 nitrogen and oxygen atoms in total. The van der Waals surface area contributed by atoms with Gasteiger partial charge in [0.05, 0.1) is 0 Å². The number of anilines is 1. The fourth-order valence-electron chi connectivity index (χ4n) is 2.00. The lowest BCUT2D eigenvalue weighted by Crippen LogP contribution is -2.31. The normalized spacial score (nSPS) is 11.9. The first kappa shape index (κ1) is 14.4. The number of rotatable bonds is 5. The van der Waals surface area contributed by atoms with Crippen LogP contribution < -0.4 is 5.32 Å². The number of hydrogen-bond acceptors (Lipinski definition) is 2. The molecule has 0 amide bonds. The molecule has 2 aromatic rings. The van der Waals surface area contributed by atoms with Crippen molar-refractivity contribution in [2.45, 2.75) is 19.4 Å². The first-order valence-electron chi connectivity index (χ1n) is 6.36. The Labute approximate surface area is 123 Å². The molecule has 2 aromatic carbocycles. The third-order valence-electron chi connectivity index (χ3n) is 3.18. The third-order valence-corrected chi connectivity index (χ3v) is 3.59. The zero-order valence-corrected chi connectivity index (χ0v) is 11.9. The lowest BCUT2D eigenvalue weighted by Gasteiger charge is -2.18. The van der Waals surface area contributed by atoms with Gasteiger partial charge in [-0.1, -0.05) is 48.0 Å². The zero-order chi connectivity index (χ0) is 14.5. The molecular weight excluding hydrogens is 274 g/mol. The van der Waals surface area contributed by atoms with Gasteiger partial charge in [-0.05, 0) is 30.2 Å². The molecular formula is C16H16ClNO2. The predicted octanol–water partition coefficient (Wildman–Crippen LogP) is 3.76. The van der Waals surface area contributed by atoms with Crippen molar-refractivity contribution in [2.75, 3.05) is 5.32 Å². The molecule has 0 saturated heterocycles. The largest absolute Gasteiger partial charge is 0.480 e. The molecule has 0 heterocycles. The molecule has 2 N–H and O–H groups in total. The van der Waals surface area contributed by atoms with Gasteiger partial charge in [0.1, 0.15) is 6.04 Å². The molecule has 0 saturated carbocycles. The summed E-state index contributed by atoms with van der Waals surface area (Å²) in [6.45, 7) is 1.87. The molecule has 2 rings (SSSR count). The topological polar surface area (TPSA) is 49.3 Å². The maximum Gasteiger partial charge on any atom is 0.326 e. The van der Waals surface area contributed by atoms with Gasteiger partial charge in [-0.2, -0.15) is 0 Å². The lowest BCUT2D eigenvalue weighted by atomic mass is 10.1. The van der Waals surface area contributed by atoms with Gasteiger partial charge in [0, 0.05) is 17.1 Å². The van der Waals surface area contributed by atoms with E-state index in [1.807, 2.05) is 43.3 Å². The van der Waals surface area contributed by atoms with Gasteiger partial charge in [-0.25, -0.2) is 4.79 Å². The maximum atomic E-state index is 11.4. The Hall–Kier alpha value is -2.00. The van der Waals surface area contributed by atoms with Crippen molar-refractivity contribution in [2.24, 2.45) is 0 Å². The Morgan fingerprint density at radius 2 is 1.90 bits per heavy atom. The summed E-state index contributed by atoms with van der Waals surface area (Å²) in [7, 11) is 0. The standard InChI is InChI=1S/C16H16ClNO2/c1-11-13(17)8-5-9-14(11)18-15(16(19)20)10-12-6-3-2-4-7-12/h2-9,15,18H,10H2,1H3,(H,19,20). The van der Waals surface area contributed by atoms with Crippen LogP contribution in [0.15, 0.2) is 48.5 Å². The number of halogens is 1. The number of carboxylic acids is 1. The van der Waals surface area contributed by atoms with Gasteiger partial charge in [0.25, 0.3) is 0 Å². The van der Waals surface area contributed by atoms with Crippen LogP contribution in [-0.4, -0.2) is 17.1 Å². The Morgan fingerprint density at radius 1 is 1.20 bits per heavy atom. The van der Waals surface area contributed by atoms with Crippen LogP contribution >= 0.6 is 11.6 Å². The van der Waals surface area contributed by atoms with Crippen molar-refractivity contribution in [3.05, 3.63) is 64.7 Å². The third kappa shape index (κ3) is 3.52. The second kappa shape index (κ2) is 6.44. The summed E-state index contributed by atoms with van der Waals surface area (Å²) < 4.78 is 0. The molecule has 1 atom stereocenters. The Balaban J connectivity index is 2.18. The van der Waals surface area contributed by atoms with Gasteiger partial charge in [-0.3, -0.25) is 0 Å². The maximum absolute atomic E-state index is 11.4. The first-order chi connectivity index (χ1) is 9.58. The number of nitrogens with one attached hydrogen (secondary N) is 1. The highest BCUT2D eigenvalue weighted by molar-refractivity contribution is 6.31. The van der Waals surface area contributed by atoms with Gasteiger partial charge >= 0.3 is 5.97 Å². The smallest absolute Gasteiger partial charge is 0.326 e. The van der Waals surface area contributed by atoms with E-state index in [0.29, 0.717) is 11.4 Å². The van der Waals surface area contributed by atoms with E-state index < -0.39 is 12.0 Å². The van der Waals surface area contributed by atoms with Gasteiger partial charge < -0.3 is 10.4 Å². The van der Waals surface area contributed by atoms with Crippen molar-refractivity contribution in [1.29, 1.82) is 0 Å². The summed E-state index contributed by atoms with van der Waals surface area (Å²) in [4.78, 5) is 11.4. The highest BCUT2D eigenvalue weighted by atomic mass is 35.5. The fourth-order valence-corrected chi connectivity index (χ4v) is 2.18. The van der Waals surface area contributed by atoms with Crippen molar-refractivity contribution in [3.63, 3.8) is 0 Å². The van der Waals surface area contributed by atoms with Crippen molar-refractivity contribution < 1.29 is 9.90 Å². The van der Waals surface area contributed by atoms with Gasteiger partial charge in [0.2, 0.25) is 0 Å². The molecule has 20 heavy (non-hydrogen) atoms. The van der Waals surface area contributed by atoms with Crippen LogP contribution in [0.4, 0.5) is 5.69 Å². The number of benzene rings is 2. The number of hydrogen-bond donors (Lipinski definition) is 2. The second-order valence-corrected chi connectivity index (χ2v) is 5.04. The molecule has 104 valence electrons. The Bertz CT molecular complexity index is 599. The Morgan fingerprint density at radius 3 is 2.55 bits per heavy atom. The average molecular weight is 290 g/mol. The second-order valence-electron chi connectivity index (χ2n) is 4.64. The summed E-state index contributed by atoms with van der Waals surface area (Å²) in [6, 6.07) is 14.3. The molecule has 0 aliphatic heterocycles. The summed E-state index contributed by atoms with van der Waals surface area (Å²) in [5.41, 5.74) is 2.58. The average Bonchev–Trinajstić information content (AvgIpc) is 2.44. The predicted molar refractivity (Wildman–Crippen MR) is 81.4 cm³/mol. The highest BCUT2D eigenvalue weighted by Crippen LogP contribution is 2.24. The van der Waals surface area contributed by atoms with Gasteiger partial charge in [-0.15, -0.1) is 0 Å². The van der Waals surface area contributed by atoms with Crippen LogP contribution in [0.3, 0.4) is 0 Å². The van der Waals surface area contributed by atoms with Crippen LogP contribution in [0.1, 0.15) is 11.1 Å². The molecule has 0 spiro atoms. The van der Waals surface area contributed by atoms with E-state index >= 15 is 0 Å². The summed E-state index contributed by atoms with van der Waals surface area (Å²) in [6.07, 6.45) is 0.419. The van der Waals surface area contributed by atoms with Crippen molar-refractivity contribution >= 4 is 23.3 Å². The Kier molecular flexibility index (Phi) is 4.64. The van der Waals surface area contributed by atoms with E-state index in [-0.39, 0.29) is 0 Å². The SMILES string of the molecule is Cc1c(Cl)cccc1NC(Cc1ccccc1)C(=O)O. The molecule has 0 bridgehead atoms. The minimum Gasteiger partial charge on any atom is -0.480 e. The number of carboxylic acid groups (broad SMARTS) is 1. The molecule has 0 aliphatic carbocycles. The van der Waals surface area contributed by atoms with E-state index in [2.05, 4.69) is 5.32 Å². The summed E-state index contributed by atoms with van der Waals surface area (Å²) >= 11 is 6.05. The first-order valence-corrected chi connectivity index (χ1v) is 6.74. The van der Waals surface area contributed by atoms with E-state index in [1.54, 1.807) is 12.1 Å². The van der Waals surface area contributed by atoms with Crippen LogP contribution in [0.2, 0.25) is 5.02 Å². The van der Waals surface area contributed by atoms with Crippen molar-refractivity contribution in [1.82, 2.24) is 0 Å². The van der Waals surface area contributed by atoms with Crippen LogP contribution in [0.5, 0.6) is 0 Å². The summed E-state index contributed by atoms with van der Waals surface area (Å²) in [5.74, 6) is -0.881. The van der Waals surface area contributed by atoms with Crippen LogP contribution in [0.25, 0.3) is 0 Å². The number of aliphatic carboxylic acids is 1. The molecule has 4 heteroatoms. The van der Waals surface area contributed by atoms with E-state index in [9.17, 15) is 9.90 Å². The minimum atomic E-state index is -0.881. The lowest BCUT2D eigenvalue weighted by molar-refractivity contribution is -0.137. The summed E-state index contributed by atoms with van der Waals surface area (Å²) in [5, 5.41) is 13.0. The molecule has 0 fully saturated rings. The van der Waals surface area contributed by atoms with Gasteiger partial charge in [0.15, 0.2) is 0 Å².